The first-order chi connectivity index (χ1) is 9.06. The largest absolute Gasteiger partial charge is 0.345 e. The first kappa shape index (κ1) is 11.9. The molecular formula is C14H14FN3O. The molecule has 1 aliphatic heterocycles. The Labute approximate surface area is 110 Å². The van der Waals surface area contributed by atoms with Gasteiger partial charge in [0.1, 0.15) is 18.2 Å². The lowest BCUT2D eigenvalue weighted by Crippen LogP contribution is -2.37. The van der Waals surface area contributed by atoms with Crippen LogP contribution in [-0.4, -0.2) is 15.5 Å². The number of rotatable bonds is 1. The summed E-state index contributed by atoms with van der Waals surface area (Å²) in [5.74, 6) is 0.568. The third-order valence-corrected chi connectivity index (χ3v) is 3.43. The maximum Gasteiger partial charge on any atom is 0.240 e. The first-order valence-corrected chi connectivity index (χ1v) is 6.18. The Hall–Kier alpha value is -2.17. The third-order valence-electron chi connectivity index (χ3n) is 3.43. The van der Waals surface area contributed by atoms with E-state index < -0.39 is 0 Å². The van der Waals surface area contributed by atoms with Gasteiger partial charge < -0.3 is 9.88 Å². The van der Waals surface area contributed by atoms with Crippen LogP contribution in [0.4, 0.5) is 4.39 Å². The molecule has 0 radical (unpaired) electrons. The third kappa shape index (κ3) is 1.91. The van der Waals surface area contributed by atoms with Gasteiger partial charge in [0, 0.05) is 11.3 Å². The van der Waals surface area contributed by atoms with Crippen molar-refractivity contribution in [2.45, 2.75) is 26.4 Å². The molecule has 1 unspecified atom stereocenters. The minimum atomic E-state index is -0.268. The molecule has 0 aliphatic carbocycles. The molecule has 3 rings (SSSR count). The number of fused-ring (bicyclic) bond motifs is 1. The number of carbonyl (C=O) groups excluding carboxylic acids is 1. The van der Waals surface area contributed by atoms with E-state index in [1.54, 1.807) is 12.1 Å². The molecule has 4 nitrogen and oxygen atoms in total. The van der Waals surface area contributed by atoms with Crippen LogP contribution in [0.1, 0.15) is 24.5 Å². The van der Waals surface area contributed by atoms with E-state index in [-0.39, 0.29) is 17.8 Å². The van der Waals surface area contributed by atoms with Gasteiger partial charge in [-0.3, -0.25) is 4.79 Å². The summed E-state index contributed by atoms with van der Waals surface area (Å²) in [6.07, 6.45) is 0. The SMILES string of the molecule is Cc1c(-c2ccc(F)cc2)nc2n1CC(=O)NC2C. The van der Waals surface area contributed by atoms with Gasteiger partial charge in [0.05, 0.1) is 11.7 Å². The number of hydrogen-bond acceptors (Lipinski definition) is 2. The summed E-state index contributed by atoms with van der Waals surface area (Å²) >= 11 is 0. The van der Waals surface area contributed by atoms with Crippen molar-refractivity contribution in [3.05, 3.63) is 41.6 Å². The molecule has 1 N–H and O–H groups in total. The van der Waals surface area contributed by atoms with Gasteiger partial charge in [-0.05, 0) is 38.1 Å². The van der Waals surface area contributed by atoms with Crippen LogP contribution in [-0.2, 0) is 11.3 Å². The molecule has 98 valence electrons. The minimum absolute atomic E-state index is 0.00819. The van der Waals surface area contributed by atoms with Crippen LogP contribution in [0.2, 0.25) is 0 Å². The van der Waals surface area contributed by atoms with Crippen molar-refractivity contribution in [3.63, 3.8) is 0 Å². The molecule has 19 heavy (non-hydrogen) atoms. The standard InChI is InChI=1S/C14H14FN3O/c1-8-14-17-13(10-3-5-11(15)6-4-10)9(2)18(14)7-12(19)16-8/h3-6,8H,7H2,1-2H3,(H,16,19). The zero-order chi connectivity index (χ0) is 13.6. The summed E-state index contributed by atoms with van der Waals surface area (Å²) in [6.45, 7) is 4.13. The highest BCUT2D eigenvalue weighted by atomic mass is 19.1. The zero-order valence-electron chi connectivity index (χ0n) is 10.8. The van der Waals surface area contributed by atoms with Crippen molar-refractivity contribution < 1.29 is 9.18 Å². The molecule has 5 heteroatoms. The lowest BCUT2D eigenvalue weighted by molar-refractivity contribution is -0.123. The van der Waals surface area contributed by atoms with E-state index >= 15 is 0 Å². The van der Waals surface area contributed by atoms with Crippen molar-refractivity contribution >= 4 is 5.91 Å². The average Bonchev–Trinajstić information content (AvgIpc) is 2.69. The molecule has 1 atom stereocenters. The number of nitrogens with one attached hydrogen (secondary N) is 1. The van der Waals surface area contributed by atoms with Gasteiger partial charge in [-0.2, -0.15) is 0 Å². The van der Waals surface area contributed by atoms with E-state index in [4.69, 9.17) is 0 Å². The number of nitrogens with zero attached hydrogens (tertiary/aromatic N) is 2. The number of carbonyl (C=O) groups is 1. The van der Waals surface area contributed by atoms with Crippen molar-refractivity contribution in [2.24, 2.45) is 0 Å². The molecule has 1 amide bonds. The van der Waals surface area contributed by atoms with Gasteiger partial charge in [0.15, 0.2) is 0 Å². The Balaban J connectivity index is 2.12. The number of aromatic nitrogens is 2. The molecule has 1 aromatic carbocycles. The Morgan fingerprint density at radius 3 is 2.74 bits per heavy atom. The van der Waals surface area contributed by atoms with Gasteiger partial charge in [-0.1, -0.05) is 0 Å². The summed E-state index contributed by atoms with van der Waals surface area (Å²) in [6, 6.07) is 6.14. The van der Waals surface area contributed by atoms with E-state index in [1.807, 2.05) is 18.4 Å². The van der Waals surface area contributed by atoms with Gasteiger partial charge >= 0.3 is 0 Å². The minimum Gasteiger partial charge on any atom is -0.345 e. The molecule has 0 saturated heterocycles. The summed E-state index contributed by atoms with van der Waals surface area (Å²) in [5.41, 5.74) is 2.60. The summed E-state index contributed by atoms with van der Waals surface area (Å²) in [4.78, 5) is 16.2. The maximum absolute atomic E-state index is 13.0. The highest BCUT2D eigenvalue weighted by Crippen LogP contribution is 2.28. The fraction of sp³-hybridized carbons (Fsp3) is 0.286. The molecule has 0 spiro atoms. The second-order valence-electron chi connectivity index (χ2n) is 4.79. The Bertz CT molecular complexity index is 645. The highest BCUT2D eigenvalue weighted by Gasteiger charge is 2.26. The van der Waals surface area contributed by atoms with Crippen molar-refractivity contribution in [3.8, 4) is 11.3 Å². The van der Waals surface area contributed by atoms with E-state index in [0.717, 1.165) is 22.8 Å². The summed E-state index contributed by atoms with van der Waals surface area (Å²) in [5, 5.41) is 2.85. The van der Waals surface area contributed by atoms with Crippen LogP contribution in [0.25, 0.3) is 11.3 Å². The van der Waals surface area contributed by atoms with Crippen molar-refractivity contribution in [2.75, 3.05) is 0 Å². The van der Waals surface area contributed by atoms with E-state index in [0.29, 0.717) is 6.54 Å². The van der Waals surface area contributed by atoms with E-state index in [9.17, 15) is 9.18 Å². The van der Waals surface area contributed by atoms with Crippen molar-refractivity contribution in [1.29, 1.82) is 0 Å². The van der Waals surface area contributed by atoms with Crippen LogP contribution in [0.3, 0.4) is 0 Å². The number of benzene rings is 1. The van der Waals surface area contributed by atoms with Crippen molar-refractivity contribution in [1.82, 2.24) is 14.9 Å². The van der Waals surface area contributed by atoms with Gasteiger partial charge in [0.25, 0.3) is 0 Å². The lowest BCUT2D eigenvalue weighted by atomic mass is 10.1. The van der Waals surface area contributed by atoms with Gasteiger partial charge in [0.2, 0.25) is 5.91 Å². The number of amides is 1. The number of imidazole rings is 1. The monoisotopic (exact) mass is 259 g/mol. The second-order valence-corrected chi connectivity index (χ2v) is 4.79. The Morgan fingerprint density at radius 1 is 1.37 bits per heavy atom. The fourth-order valence-electron chi connectivity index (χ4n) is 2.46. The summed E-state index contributed by atoms with van der Waals surface area (Å²) < 4.78 is 14.9. The average molecular weight is 259 g/mol. The smallest absolute Gasteiger partial charge is 0.240 e. The highest BCUT2D eigenvalue weighted by molar-refractivity contribution is 5.78. The molecule has 0 fully saturated rings. The molecule has 2 aromatic rings. The van der Waals surface area contributed by atoms with E-state index in [1.165, 1.54) is 12.1 Å². The predicted molar refractivity (Wildman–Crippen MR) is 68.9 cm³/mol. The first-order valence-electron chi connectivity index (χ1n) is 6.18. The van der Waals surface area contributed by atoms with Gasteiger partial charge in [-0.25, -0.2) is 9.37 Å². The number of halogens is 1. The Morgan fingerprint density at radius 2 is 2.05 bits per heavy atom. The second kappa shape index (κ2) is 4.19. The quantitative estimate of drug-likeness (QED) is 0.853. The van der Waals surface area contributed by atoms with Crippen LogP contribution in [0.15, 0.2) is 24.3 Å². The number of hydrogen-bond donors (Lipinski definition) is 1. The van der Waals surface area contributed by atoms with Gasteiger partial charge in [-0.15, -0.1) is 0 Å². The van der Waals surface area contributed by atoms with E-state index in [2.05, 4.69) is 10.3 Å². The molecule has 1 aliphatic rings. The predicted octanol–water partition coefficient (Wildman–Crippen LogP) is 2.19. The molecule has 2 heterocycles. The van der Waals surface area contributed by atoms with Crippen LogP contribution in [0, 0.1) is 12.7 Å². The molecule has 1 aromatic heterocycles. The fourth-order valence-corrected chi connectivity index (χ4v) is 2.46. The topological polar surface area (TPSA) is 46.9 Å². The summed E-state index contributed by atoms with van der Waals surface area (Å²) in [7, 11) is 0. The van der Waals surface area contributed by atoms with Crippen LogP contribution in [0.5, 0.6) is 0 Å². The molecule has 0 bridgehead atoms. The lowest BCUT2D eigenvalue weighted by Gasteiger charge is -2.21. The molecule has 0 saturated carbocycles. The zero-order valence-corrected chi connectivity index (χ0v) is 10.8. The maximum atomic E-state index is 13.0. The Kier molecular flexibility index (Phi) is 2.62. The normalized spacial score (nSPS) is 18.1. The van der Waals surface area contributed by atoms with Crippen LogP contribution < -0.4 is 5.32 Å². The van der Waals surface area contributed by atoms with Crippen LogP contribution >= 0.6 is 0 Å². The molecular weight excluding hydrogens is 245 g/mol.